The van der Waals surface area contributed by atoms with Crippen molar-refractivity contribution in [3.8, 4) is 0 Å². The minimum atomic E-state index is 0.597. The highest BCUT2D eigenvalue weighted by atomic mass is 16.5. The Balaban J connectivity index is 2.46. The van der Waals surface area contributed by atoms with Crippen molar-refractivity contribution in [1.29, 1.82) is 0 Å². The molecule has 1 aliphatic carbocycles. The zero-order valence-electron chi connectivity index (χ0n) is 13.7. The zero-order valence-corrected chi connectivity index (χ0v) is 13.7. The first-order valence-electron chi connectivity index (χ1n) is 8.35. The molecule has 2 heteroatoms. The summed E-state index contributed by atoms with van der Waals surface area (Å²) in [6, 6.07) is 0.597. The third-order valence-corrected chi connectivity index (χ3v) is 4.59. The Hall–Kier alpha value is -0.0800. The monoisotopic (exact) mass is 269 g/mol. The van der Waals surface area contributed by atoms with Gasteiger partial charge in [-0.2, -0.15) is 0 Å². The number of ether oxygens (including phenoxy) is 1. The van der Waals surface area contributed by atoms with Gasteiger partial charge < -0.3 is 10.1 Å². The summed E-state index contributed by atoms with van der Waals surface area (Å²) < 4.78 is 5.86. The second-order valence-corrected chi connectivity index (χ2v) is 6.98. The number of hydrogen-bond donors (Lipinski definition) is 1. The molecule has 0 aromatic heterocycles. The summed E-state index contributed by atoms with van der Waals surface area (Å²) >= 11 is 0. The fourth-order valence-electron chi connectivity index (χ4n) is 3.21. The van der Waals surface area contributed by atoms with Crippen LogP contribution in [-0.2, 0) is 4.74 Å². The maximum Gasteiger partial charge on any atom is 0.0497 e. The predicted octanol–water partition coefficient (Wildman–Crippen LogP) is 4.10. The first kappa shape index (κ1) is 17.0. The first-order valence-corrected chi connectivity index (χ1v) is 8.35. The van der Waals surface area contributed by atoms with Crippen molar-refractivity contribution in [1.82, 2.24) is 5.32 Å². The van der Waals surface area contributed by atoms with E-state index in [-0.39, 0.29) is 0 Å². The van der Waals surface area contributed by atoms with Gasteiger partial charge in [-0.15, -0.1) is 0 Å². The molecule has 0 aliphatic heterocycles. The van der Waals surface area contributed by atoms with E-state index in [0.717, 1.165) is 43.3 Å². The molecule has 0 radical (unpaired) electrons. The maximum atomic E-state index is 5.86. The lowest BCUT2D eigenvalue weighted by Gasteiger charge is -2.38. The molecule has 19 heavy (non-hydrogen) atoms. The minimum Gasteiger partial charge on any atom is -0.381 e. The Labute approximate surface area is 120 Å². The molecule has 0 aromatic carbocycles. The Morgan fingerprint density at radius 3 is 2.42 bits per heavy atom. The Bertz CT molecular complexity index is 227. The molecule has 0 aromatic rings. The van der Waals surface area contributed by atoms with E-state index in [1.54, 1.807) is 0 Å². The quantitative estimate of drug-likeness (QED) is 0.670. The van der Waals surface area contributed by atoms with Gasteiger partial charge in [0.2, 0.25) is 0 Å². The van der Waals surface area contributed by atoms with Crippen LogP contribution in [0.15, 0.2) is 0 Å². The topological polar surface area (TPSA) is 21.3 Å². The van der Waals surface area contributed by atoms with Crippen LogP contribution in [0, 0.1) is 23.7 Å². The number of rotatable bonds is 8. The Kier molecular flexibility index (Phi) is 8.01. The van der Waals surface area contributed by atoms with Crippen molar-refractivity contribution in [2.24, 2.45) is 23.7 Å². The molecule has 0 saturated heterocycles. The van der Waals surface area contributed by atoms with Gasteiger partial charge in [0.15, 0.2) is 0 Å². The van der Waals surface area contributed by atoms with Gasteiger partial charge in [-0.3, -0.25) is 0 Å². The summed E-state index contributed by atoms with van der Waals surface area (Å²) in [6.07, 6.45) is 5.29. The van der Waals surface area contributed by atoms with Crippen LogP contribution in [-0.4, -0.2) is 25.8 Å². The van der Waals surface area contributed by atoms with Crippen LogP contribution in [0.1, 0.15) is 60.3 Å². The minimum absolute atomic E-state index is 0.597. The highest BCUT2D eigenvalue weighted by Crippen LogP contribution is 2.37. The van der Waals surface area contributed by atoms with Crippen molar-refractivity contribution in [2.45, 2.75) is 66.3 Å². The molecule has 3 atom stereocenters. The first-order chi connectivity index (χ1) is 9.04. The fourth-order valence-corrected chi connectivity index (χ4v) is 3.21. The van der Waals surface area contributed by atoms with E-state index >= 15 is 0 Å². The van der Waals surface area contributed by atoms with E-state index in [1.165, 1.54) is 25.8 Å². The van der Waals surface area contributed by atoms with Gasteiger partial charge in [-0.05, 0) is 55.9 Å². The molecule has 1 aliphatic rings. The molecule has 0 spiro atoms. The van der Waals surface area contributed by atoms with E-state index in [1.807, 2.05) is 0 Å². The molecular formula is C17H35NO. The average molecular weight is 269 g/mol. The van der Waals surface area contributed by atoms with Crippen LogP contribution in [0.5, 0.6) is 0 Å². The summed E-state index contributed by atoms with van der Waals surface area (Å²) in [5, 5.41) is 3.62. The molecule has 2 nitrogen and oxygen atoms in total. The highest BCUT2D eigenvalue weighted by Gasteiger charge is 2.31. The van der Waals surface area contributed by atoms with Crippen LogP contribution in [0.4, 0.5) is 0 Å². The van der Waals surface area contributed by atoms with Crippen molar-refractivity contribution in [3.63, 3.8) is 0 Å². The highest BCUT2D eigenvalue weighted by molar-refractivity contribution is 4.83. The van der Waals surface area contributed by atoms with Crippen LogP contribution < -0.4 is 5.32 Å². The standard InChI is InChI=1S/C17H35NO/c1-6-9-19-12-17-10-15(13(2)3)7-8-16(17)11-18-14(4)5/h13-18H,6-12H2,1-5H3. The summed E-state index contributed by atoms with van der Waals surface area (Å²) in [6.45, 7) is 14.5. The van der Waals surface area contributed by atoms with Crippen molar-refractivity contribution in [2.75, 3.05) is 19.8 Å². The summed E-state index contributed by atoms with van der Waals surface area (Å²) in [5.74, 6) is 3.31. The van der Waals surface area contributed by atoms with Gasteiger partial charge in [0.1, 0.15) is 0 Å². The lowest BCUT2D eigenvalue weighted by atomic mass is 9.71. The molecule has 1 N–H and O–H groups in total. The number of nitrogens with one attached hydrogen (secondary N) is 1. The molecule has 1 saturated carbocycles. The molecule has 1 rings (SSSR count). The lowest BCUT2D eigenvalue weighted by molar-refractivity contribution is 0.0368. The van der Waals surface area contributed by atoms with Crippen molar-refractivity contribution >= 4 is 0 Å². The van der Waals surface area contributed by atoms with Gasteiger partial charge in [-0.25, -0.2) is 0 Å². The second kappa shape index (κ2) is 8.97. The fraction of sp³-hybridized carbons (Fsp3) is 1.00. The normalized spacial score (nSPS) is 28.3. The van der Waals surface area contributed by atoms with Crippen molar-refractivity contribution in [3.05, 3.63) is 0 Å². The second-order valence-electron chi connectivity index (χ2n) is 6.98. The van der Waals surface area contributed by atoms with Gasteiger partial charge in [-0.1, -0.05) is 34.6 Å². The van der Waals surface area contributed by atoms with E-state index < -0.39 is 0 Å². The summed E-state index contributed by atoms with van der Waals surface area (Å²) in [7, 11) is 0. The Morgan fingerprint density at radius 2 is 1.84 bits per heavy atom. The van der Waals surface area contributed by atoms with E-state index in [9.17, 15) is 0 Å². The molecule has 0 amide bonds. The number of hydrogen-bond acceptors (Lipinski definition) is 2. The molecule has 3 unspecified atom stereocenters. The molecule has 0 heterocycles. The third-order valence-electron chi connectivity index (χ3n) is 4.59. The molecule has 0 bridgehead atoms. The average Bonchev–Trinajstić information content (AvgIpc) is 2.37. The van der Waals surface area contributed by atoms with Crippen molar-refractivity contribution < 1.29 is 4.74 Å². The van der Waals surface area contributed by atoms with E-state index in [2.05, 4.69) is 39.9 Å². The third kappa shape index (κ3) is 6.27. The Morgan fingerprint density at radius 1 is 1.11 bits per heavy atom. The predicted molar refractivity (Wildman–Crippen MR) is 83.4 cm³/mol. The smallest absolute Gasteiger partial charge is 0.0497 e. The van der Waals surface area contributed by atoms with Gasteiger partial charge in [0, 0.05) is 19.3 Å². The lowest BCUT2D eigenvalue weighted by Crippen LogP contribution is -2.38. The molecule has 1 fully saturated rings. The van der Waals surface area contributed by atoms with E-state index in [4.69, 9.17) is 4.74 Å². The maximum absolute atomic E-state index is 5.86. The van der Waals surface area contributed by atoms with Gasteiger partial charge in [0.25, 0.3) is 0 Å². The summed E-state index contributed by atoms with van der Waals surface area (Å²) in [5.41, 5.74) is 0. The van der Waals surface area contributed by atoms with Crippen LogP contribution in [0.2, 0.25) is 0 Å². The zero-order chi connectivity index (χ0) is 14.3. The summed E-state index contributed by atoms with van der Waals surface area (Å²) in [4.78, 5) is 0. The van der Waals surface area contributed by atoms with Crippen LogP contribution >= 0.6 is 0 Å². The van der Waals surface area contributed by atoms with Crippen LogP contribution in [0.3, 0.4) is 0 Å². The SMILES string of the molecule is CCCOCC1CC(C(C)C)CCC1CNC(C)C. The van der Waals surface area contributed by atoms with E-state index in [0.29, 0.717) is 6.04 Å². The largest absolute Gasteiger partial charge is 0.381 e. The van der Waals surface area contributed by atoms with Gasteiger partial charge >= 0.3 is 0 Å². The molecule has 114 valence electrons. The van der Waals surface area contributed by atoms with Crippen LogP contribution in [0.25, 0.3) is 0 Å². The molecular weight excluding hydrogens is 234 g/mol. The van der Waals surface area contributed by atoms with Gasteiger partial charge in [0.05, 0.1) is 0 Å².